The van der Waals surface area contributed by atoms with Crippen molar-refractivity contribution in [3.63, 3.8) is 0 Å². The van der Waals surface area contributed by atoms with E-state index in [1.54, 1.807) is 4.57 Å². The molecule has 0 amide bonds. The zero-order chi connectivity index (χ0) is 24.5. The van der Waals surface area contributed by atoms with Crippen LogP contribution in [-0.2, 0) is 11.8 Å². The van der Waals surface area contributed by atoms with Crippen molar-refractivity contribution in [2.45, 2.75) is 57.6 Å². The number of fused-ring (bicyclic) bond motifs is 1. The van der Waals surface area contributed by atoms with Gasteiger partial charge < -0.3 is 20.1 Å². The van der Waals surface area contributed by atoms with Gasteiger partial charge in [-0.3, -0.25) is 9.36 Å². The second kappa shape index (κ2) is 9.99. The quantitative estimate of drug-likeness (QED) is 0.573. The van der Waals surface area contributed by atoms with Gasteiger partial charge in [-0.1, -0.05) is 18.2 Å². The van der Waals surface area contributed by atoms with E-state index in [0.717, 1.165) is 72.6 Å². The molecule has 1 aromatic heterocycles. The van der Waals surface area contributed by atoms with E-state index in [1.165, 1.54) is 0 Å². The van der Waals surface area contributed by atoms with Crippen LogP contribution in [0.4, 0.5) is 11.4 Å². The third kappa shape index (κ3) is 4.80. The van der Waals surface area contributed by atoms with Gasteiger partial charge in [0.25, 0.3) is 5.56 Å². The number of aromatic nitrogens is 2. The lowest BCUT2D eigenvalue weighted by molar-refractivity contribution is 0.0828. The molecule has 0 spiro atoms. The molecule has 1 atom stereocenters. The smallest absolute Gasteiger partial charge is 0.261 e. The molecule has 0 radical (unpaired) electrons. The maximum Gasteiger partial charge on any atom is 0.261 e. The highest BCUT2D eigenvalue weighted by molar-refractivity contribution is 5.83. The molecular formula is C28H36N4O3. The largest absolute Gasteiger partial charge is 0.393 e. The predicted molar refractivity (Wildman–Crippen MR) is 140 cm³/mol. The van der Waals surface area contributed by atoms with E-state index in [9.17, 15) is 9.90 Å². The number of hydrogen-bond donors (Lipinski definition) is 2. The monoisotopic (exact) mass is 476 g/mol. The summed E-state index contributed by atoms with van der Waals surface area (Å²) in [7, 11) is 1.84. The molecular weight excluding hydrogens is 440 g/mol. The second-order valence-electron chi connectivity index (χ2n) is 10.1. The summed E-state index contributed by atoms with van der Waals surface area (Å²) in [5, 5.41) is 14.3. The Labute approximate surface area is 206 Å². The van der Waals surface area contributed by atoms with Gasteiger partial charge in [0.2, 0.25) is 0 Å². The number of aliphatic hydroxyl groups excluding tert-OH is 1. The Morgan fingerprint density at radius 1 is 1.11 bits per heavy atom. The number of nitrogens with one attached hydrogen (secondary N) is 1. The summed E-state index contributed by atoms with van der Waals surface area (Å²) in [5.41, 5.74) is 5.10. The first kappa shape index (κ1) is 23.8. The van der Waals surface area contributed by atoms with Crippen molar-refractivity contribution in [2.24, 2.45) is 7.05 Å². The number of aryl methyl sites for hydroxylation is 1. The summed E-state index contributed by atoms with van der Waals surface area (Å²) in [6.07, 6.45) is 3.14. The predicted octanol–water partition coefficient (Wildman–Crippen LogP) is 4.27. The highest BCUT2D eigenvalue weighted by Gasteiger charge is 2.24. The lowest BCUT2D eigenvalue weighted by atomic mass is 9.97. The molecule has 0 bridgehead atoms. The number of anilines is 2. The summed E-state index contributed by atoms with van der Waals surface area (Å²) in [6, 6.07) is 12.4. The average molecular weight is 477 g/mol. The molecule has 3 aromatic rings. The van der Waals surface area contributed by atoms with Crippen LogP contribution in [0.25, 0.3) is 10.9 Å². The Kier molecular flexibility index (Phi) is 6.80. The third-order valence-electron chi connectivity index (χ3n) is 7.52. The van der Waals surface area contributed by atoms with Crippen molar-refractivity contribution >= 4 is 22.3 Å². The third-order valence-corrected chi connectivity index (χ3v) is 7.52. The summed E-state index contributed by atoms with van der Waals surface area (Å²) in [5.74, 6) is 1.09. The Morgan fingerprint density at radius 2 is 1.83 bits per heavy atom. The molecule has 5 rings (SSSR count). The number of piperidine rings is 1. The van der Waals surface area contributed by atoms with Gasteiger partial charge in [-0.05, 0) is 63.3 Å². The van der Waals surface area contributed by atoms with Gasteiger partial charge >= 0.3 is 0 Å². The van der Waals surface area contributed by atoms with Crippen LogP contribution in [0.3, 0.4) is 0 Å². The molecule has 3 heterocycles. The maximum atomic E-state index is 13.4. The SMILES string of the molecule is Cc1cc([C@@H](C)Nc2ccccc2N2CCC(O)CC2)c2nc(C3CCOCC3)n(C)c(=O)c2c1. The molecule has 2 aliphatic heterocycles. The first-order valence-electron chi connectivity index (χ1n) is 12.8. The Balaban J connectivity index is 1.52. The lowest BCUT2D eigenvalue weighted by Gasteiger charge is -2.33. The van der Waals surface area contributed by atoms with E-state index in [1.807, 2.05) is 26.1 Å². The van der Waals surface area contributed by atoms with Crippen LogP contribution in [0.1, 0.15) is 61.5 Å². The summed E-state index contributed by atoms with van der Waals surface area (Å²) < 4.78 is 7.28. The minimum atomic E-state index is -0.206. The number of nitrogens with zero attached hydrogens (tertiary/aromatic N) is 3. The van der Waals surface area contributed by atoms with Crippen molar-refractivity contribution in [2.75, 3.05) is 36.5 Å². The minimum Gasteiger partial charge on any atom is -0.393 e. The van der Waals surface area contributed by atoms with E-state index in [4.69, 9.17) is 9.72 Å². The molecule has 2 aliphatic rings. The molecule has 7 nitrogen and oxygen atoms in total. The Hall–Kier alpha value is -2.90. The zero-order valence-electron chi connectivity index (χ0n) is 21.0. The van der Waals surface area contributed by atoms with Crippen molar-refractivity contribution in [1.82, 2.24) is 9.55 Å². The molecule has 0 unspecified atom stereocenters. The van der Waals surface area contributed by atoms with Gasteiger partial charge in [-0.15, -0.1) is 0 Å². The molecule has 2 N–H and O–H groups in total. The number of aliphatic hydroxyl groups is 1. The van der Waals surface area contributed by atoms with Crippen molar-refractivity contribution in [3.05, 3.63) is 63.7 Å². The molecule has 186 valence electrons. The average Bonchev–Trinajstić information content (AvgIpc) is 2.87. The van der Waals surface area contributed by atoms with E-state index >= 15 is 0 Å². The fraction of sp³-hybridized carbons (Fsp3) is 0.500. The number of para-hydroxylation sites is 2. The molecule has 2 fully saturated rings. The normalized spacial score (nSPS) is 18.7. The number of rotatable bonds is 5. The Morgan fingerprint density at radius 3 is 2.57 bits per heavy atom. The van der Waals surface area contributed by atoms with Crippen LogP contribution in [-0.4, -0.2) is 47.1 Å². The van der Waals surface area contributed by atoms with Gasteiger partial charge in [-0.2, -0.15) is 0 Å². The highest BCUT2D eigenvalue weighted by atomic mass is 16.5. The standard InChI is InChI=1S/C28H36N4O3/c1-18-16-22(19(2)29-24-6-4-5-7-25(24)32-12-8-21(33)9-13-32)26-23(17-18)28(34)31(3)27(30-26)20-10-14-35-15-11-20/h4-7,16-17,19-21,29,33H,8-15H2,1-3H3/t19-/m1/s1. The van der Waals surface area contributed by atoms with Crippen LogP contribution in [0, 0.1) is 6.92 Å². The molecule has 0 aliphatic carbocycles. The van der Waals surface area contributed by atoms with Gasteiger partial charge in [0.15, 0.2) is 0 Å². The van der Waals surface area contributed by atoms with Gasteiger partial charge in [0.1, 0.15) is 5.82 Å². The molecule has 2 saturated heterocycles. The minimum absolute atomic E-state index is 0.0147. The van der Waals surface area contributed by atoms with Crippen LogP contribution in [0.15, 0.2) is 41.2 Å². The van der Waals surface area contributed by atoms with Crippen molar-refractivity contribution < 1.29 is 9.84 Å². The molecule has 0 saturated carbocycles. The van der Waals surface area contributed by atoms with Crippen LogP contribution in [0.2, 0.25) is 0 Å². The molecule has 35 heavy (non-hydrogen) atoms. The summed E-state index contributed by atoms with van der Waals surface area (Å²) >= 11 is 0. The van der Waals surface area contributed by atoms with Gasteiger partial charge in [0, 0.05) is 44.8 Å². The lowest BCUT2D eigenvalue weighted by Crippen LogP contribution is -2.36. The van der Waals surface area contributed by atoms with Gasteiger partial charge in [0.05, 0.1) is 34.4 Å². The van der Waals surface area contributed by atoms with E-state index < -0.39 is 0 Å². The van der Waals surface area contributed by atoms with E-state index in [-0.39, 0.29) is 23.6 Å². The van der Waals surface area contributed by atoms with Crippen molar-refractivity contribution in [3.8, 4) is 0 Å². The fourth-order valence-corrected chi connectivity index (χ4v) is 5.51. The Bertz CT molecular complexity index is 1260. The first-order valence-corrected chi connectivity index (χ1v) is 12.8. The fourth-order valence-electron chi connectivity index (χ4n) is 5.51. The summed E-state index contributed by atoms with van der Waals surface area (Å²) in [4.78, 5) is 20.9. The van der Waals surface area contributed by atoms with Crippen LogP contribution in [0.5, 0.6) is 0 Å². The maximum absolute atomic E-state index is 13.4. The first-order chi connectivity index (χ1) is 16.9. The van der Waals surface area contributed by atoms with Crippen LogP contribution >= 0.6 is 0 Å². The zero-order valence-corrected chi connectivity index (χ0v) is 21.0. The number of hydrogen-bond acceptors (Lipinski definition) is 6. The summed E-state index contributed by atoms with van der Waals surface area (Å²) in [6.45, 7) is 7.28. The van der Waals surface area contributed by atoms with Crippen molar-refractivity contribution in [1.29, 1.82) is 0 Å². The number of benzene rings is 2. The van der Waals surface area contributed by atoms with E-state index in [0.29, 0.717) is 18.6 Å². The van der Waals surface area contributed by atoms with Crippen LogP contribution < -0.4 is 15.8 Å². The second-order valence-corrected chi connectivity index (χ2v) is 10.1. The van der Waals surface area contributed by atoms with Gasteiger partial charge in [-0.25, -0.2) is 4.98 Å². The highest BCUT2D eigenvalue weighted by Crippen LogP contribution is 2.34. The van der Waals surface area contributed by atoms with E-state index in [2.05, 4.69) is 41.4 Å². The topological polar surface area (TPSA) is 79.6 Å². The molecule has 7 heteroatoms. The molecule has 2 aromatic carbocycles. The number of ether oxygens (including phenoxy) is 1.